The van der Waals surface area contributed by atoms with Gasteiger partial charge in [0.1, 0.15) is 12.2 Å². The van der Waals surface area contributed by atoms with Gasteiger partial charge in [-0.1, -0.05) is 0 Å². The number of carboxylic acid groups (broad SMARTS) is 2. The maximum Gasteiger partial charge on any atom is 0.335 e. The van der Waals surface area contributed by atoms with Gasteiger partial charge in [0, 0.05) is 6.04 Å². The van der Waals surface area contributed by atoms with Crippen LogP contribution in [0.3, 0.4) is 0 Å². The van der Waals surface area contributed by atoms with E-state index in [9.17, 15) is 9.59 Å². The smallest absolute Gasteiger partial charge is 0.335 e. The third-order valence-corrected chi connectivity index (χ3v) is 3.68. The summed E-state index contributed by atoms with van der Waals surface area (Å²) >= 11 is 0. The van der Waals surface area contributed by atoms with Crippen LogP contribution in [-0.4, -0.2) is 93.0 Å². The Labute approximate surface area is 143 Å². The minimum Gasteiger partial charge on any atom is -0.479 e. The van der Waals surface area contributed by atoms with E-state index in [0.29, 0.717) is 6.61 Å². The molecule has 11 heteroatoms. The fourth-order valence-corrected chi connectivity index (χ4v) is 2.61. The van der Waals surface area contributed by atoms with Crippen molar-refractivity contribution in [1.29, 1.82) is 0 Å². The molecule has 0 aromatic carbocycles. The van der Waals surface area contributed by atoms with Crippen molar-refractivity contribution >= 4 is 11.9 Å². The summed E-state index contributed by atoms with van der Waals surface area (Å²) < 4.78 is 16.9. The summed E-state index contributed by atoms with van der Waals surface area (Å²) in [6.45, 7) is 4.10. The van der Waals surface area contributed by atoms with Gasteiger partial charge in [-0.3, -0.25) is 0 Å². The Kier molecular flexibility index (Phi) is 7.68. The molecule has 1 aliphatic heterocycles. The van der Waals surface area contributed by atoms with E-state index in [4.69, 9.17) is 45.5 Å². The van der Waals surface area contributed by atoms with Crippen LogP contribution in [0.15, 0.2) is 0 Å². The highest BCUT2D eigenvalue weighted by Crippen LogP contribution is 2.38. The lowest BCUT2D eigenvalue weighted by Crippen LogP contribution is -2.39. The average Bonchev–Trinajstić information content (AvgIpc) is 2.98. The summed E-state index contributed by atoms with van der Waals surface area (Å²) in [6, 6.07) is -0.0412. The summed E-state index contributed by atoms with van der Waals surface area (Å²) in [4.78, 5) is 19.5. The lowest BCUT2D eigenvalue weighted by molar-refractivity contribution is -0.168. The quantitative estimate of drug-likeness (QED) is 0.291. The van der Waals surface area contributed by atoms with Crippen LogP contribution in [0.25, 0.3) is 0 Å². The molecular formula is C14H25NO10. The van der Waals surface area contributed by atoms with Gasteiger partial charge >= 0.3 is 11.9 Å². The Morgan fingerprint density at radius 3 is 2.08 bits per heavy atom. The van der Waals surface area contributed by atoms with Gasteiger partial charge in [0.25, 0.3) is 0 Å². The minimum absolute atomic E-state index is 0.0212. The normalized spacial score (nSPS) is 32.2. The molecule has 2 rings (SSSR count). The van der Waals surface area contributed by atoms with Gasteiger partial charge < -0.3 is 45.5 Å². The number of rotatable bonds is 6. The zero-order valence-electron chi connectivity index (χ0n) is 13.9. The molecule has 0 amide bonds. The van der Waals surface area contributed by atoms with Gasteiger partial charge in [-0.2, -0.15) is 0 Å². The molecular weight excluding hydrogens is 342 g/mol. The number of carboxylic acids is 2. The monoisotopic (exact) mass is 367 g/mol. The van der Waals surface area contributed by atoms with Gasteiger partial charge in [0.05, 0.1) is 19.3 Å². The van der Waals surface area contributed by atoms with E-state index in [1.807, 2.05) is 13.8 Å². The van der Waals surface area contributed by atoms with Crippen LogP contribution in [-0.2, 0) is 23.8 Å². The SMILES string of the molecule is CC1(C)O[C@H]2[C@H](N)CC(OCCO)[C@H]2O1.O=C(O)C(O)[C@@H](O)C(=O)O. The van der Waals surface area contributed by atoms with Crippen molar-refractivity contribution in [1.82, 2.24) is 0 Å². The van der Waals surface area contributed by atoms with Crippen molar-refractivity contribution in [3.63, 3.8) is 0 Å². The predicted octanol–water partition coefficient (Wildman–Crippen LogP) is -2.51. The largest absolute Gasteiger partial charge is 0.479 e. The van der Waals surface area contributed by atoms with Crippen molar-refractivity contribution in [2.75, 3.05) is 13.2 Å². The topological polar surface area (TPSA) is 189 Å². The Morgan fingerprint density at radius 1 is 1.16 bits per heavy atom. The molecule has 7 N–H and O–H groups in total. The molecule has 2 unspecified atom stereocenters. The summed E-state index contributed by atoms with van der Waals surface area (Å²) in [5.41, 5.74) is 5.96. The number of aliphatic carboxylic acids is 2. The second kappa shape index (κ2) is 8.85. The van der Waals surface area contributed by atoms with Crippen molar-refractivity contribution in [3.05, 3.63) is 0 Å². The van der Waals surface area contributed by atoms with Crippen molar-refractivity contribution in [2.45, 2.75) is 62.6 Å². The van der Waals surface area contributed by atoms with E-state index < -0.39 is 29.9 Å². The van der Waals surface area contributed by atoms with E-state index in [0.717, 1.165) is 6.42 Å². The highest BCUT2D eigenvalue weighted by Gasteiger charge is 2.53. The average molecular weight is 367 g/mol. The maximum absolute atomic E-state index is 9.77. The molecule has 146 valence electrons. The zero-order chi connectivity index (χ0) is 19.4. The van der Waals surface area contributed by atoms with Crippen LogP contribution in [0, 0.1) is 0 Å². The first-order valence-corrected chi connectivity index (χ1v) is 7.65. The molecule has 11 nitrogen and oxygen atoms in total. The van der Waals surface area contributed by atoms with Gasteiger partial charge in [-0.25, -0.2) is 9.59 Å². The number of hydrogen-bond donors (Lipinski definition) is 6. The van der Waals surface area contributed by atoms with Crippen molar-refractivity contribution < 1.29 is 49.3 Å². The molecule has 0 aromatic rings. The first-order chi connectivity index (χ1) is 11.5. The molecule has 6 atom stereocenters. The molecule has 0 aromatic heterocycles. The number of aliphatic hydroxyl groups excluding tert-OH is 3. The number of nitrogens with two attached hydrogens (primary N) is 1. The number of aliphatic hydroxyl groups is 3. The first kappa shape index (κ1) is 21.7. The summed E-state index contributed by atoms with van der Waals surface area (Å²) in [5, 5.41) is 41.2. The fraction of sp³-hybridized carbons (Fsp3) is 0.857. The Balaban J connectivity index is 0.000000275. The Bertz CT molecular complexity index is 453. The molecule has 25 heavy (non-hydrogen) atoms. The molecule has 2 fully saturated rings. The van der Waals surface area contributed by atoms with E-state index in [2.05, 4.69) is 0 Å². The lowest BCUT2D eigenvalue weighted by Gasteiger charge is -2.22. The molecule has 0 spiro atoms. The van der Waals surface area contributed by atoms with E-state index in [1.165, 1.54) is 0 Å². The minimum atomic E-state index is -2.27. The summed E-state index contributed by atoms with van der Waals surface area (Å²) in [6.07, 6.45) is -4.04. The molecule has 1 aliphatic carbocycles. The Hall–Kier alpha value is -1.34. The fourth-order valence-electron chi connectivity index (χ4n) is 2.61. The number of ether oxygens (including phenoxy) is 3. The van der Waals surface area contributed by atoms with Crippen LogP contribution in [0.1, 0.15) is 20.3 Å². The summed E-state index contributed by atoms with van der Waals surface area (Å²) in [7, 11) is 0. The van der Waals surface area contributed by atoms with Gasteiger partial charge in [0.15, 0.2) is 18.0 Å². The molecule has 1 heterocycles. The third-order valence-electron chi connectivity index (χ3n) is 3.68. The van der Waals surface area contributed by atoms with Crippen molar-refractivity contribution in [3.8, 4) is 0 Å². The van der Waals surface area contributed by atoms with Gasteiger partial charge in [-0.05, 0) is 20.3 Å². The standard InChI is InChI=1S/C10H19NO4.C4H6O6/c1-10(2)14-8-6(11)5-7(9(8)15-10)13-4-3-12;5-1(3(7)8)2(6)4(9)10/h6-9,12H,3-5,11H2,1-2H3;1-2,5-6H,(H,7,8)(H,9,10)/t6-,7?,8+,9-;1-,2?/m11/s1. The highest BCUT2D eigenvalue weighted by atomic mass is 16.8. The predicted molar refractivity (Wildman–Crippen MR) is 80.5 cm³/mol. The van der Waals surface area contributed by atoms with E-state index >= 15 is 0 Å². The van der Waals surface area contributed by atoms with Gasteiger partial charge in [0.2, 0.25) is 0 Å². The van der Waals surface area contributed by atoms with Crippen LogP contribution < -0.4 is 5.73 Å². The van der Waals surface area contributed by atoms with Crippen LogP contribution >= 0.6 is 0 Å². The van der Waals surface area contributed by atoms with Crippen molar-refractivity contribution in [2.24, 2.45) is 5.73 Å². The van der Waals surface area contributed by atoms with Gasteiger partial charge in [-0.15, -0.1) is 0 Å². The van der Waals surface area contributed by atoms with Crippen LogP contribution in [0.2, 0.25) is 0 Å². The molecule has 0 radical (unpaired) electrons. The second-order valence-corrected chi connectivity index (χ2v) is 6.16. The Morgan fingerprint density at radius 2 is 1.64 bits per heavy atom. The second-order valence-electron chi connectivity index (χ2n) is 6.16. The highest BCUT2D eigenvalue weighted by molar-refractivity contribution is 5.83. The van der Waals surface area contributed by atoms with E-state index in [1.54, 1.807) is 0 Å². The number of fused-ring (bicyclic) bond motifs is 1. The molecule has 0 bridgehead atoms. The summed E-state index contributed by atoms with van der Waals surface area (Å²) in [5.74, 6) is -4.11. The first-order valence-electron chi connectivity index (χ1n) is 7.65. The number of hydrogen-bond acceptors (Lipinski definition) is 9. The van der Waals surface area contributed by atoms with Crippen LogP contribution in [0.4, 0.5) is 0 Å². The maximum atomic E-state index is 9.77. The van der Waals surface area contributed by atoms with Crippen LogP contribution in [0.5, 0.6) is 0 Å². The lowest BCUT2D eigenvalue weighted by atomic mass is 10.2. The zero-order valence-corrected chi connectivity index (χ0v) is 13.9. The molecule has 2 aliphatic rings. The van der Waals surface area contributed by atoms with E-state index in [-0.39, 0.29) is 31.0 Å². The number of carbonyl (C=O) groups is 2. The molecule has 1 saturated carbocycles. The third kappa shape index (κ3) is 5.85. The molecule has 1 saturated heterocycles.